The lowest BCUT2D eigenvalue weighted by Gasteiger charge is -2.29. The number of rotatable bonds is 11. The molecule has 3 fully saturated rings. The van der Waals surface area contributed by atoms with Gasteiger partial charge in [-0.05, 0) is 190 Å². The van der Waals surface area contributed by atoms with Crippen LogP contribution in [-0.4, -0.2) is 96.1 Å². The van der Waals surface area contributed by atoms with Crippen LogP contribution in [-0.2, 0) is 4.74 Å². The number of pyridine rings is 3. The number of alkyl halides is 2. The van der Waals surface area contributed by atoms with Crippen LogP contribution in [0.25, 0.3) is 50.7 Å². The van der Waals surface area contributed by atoms with Gasteiger partial charge in [0.2, 0.25) is 0 Å². The lowest BCUT2D eigenvalue weighted by atomic mass is 9.83. The van der Waals surface area contributed by atoms with E-state index < -0.39 is 6.55 Å². The maximum Gasteiger partial charge on any atom is 0.333 e. The van der Waals surface area contributed by atoms with Crippen molar-refractivity contribution in [2.45, 2.75) is 94.5 Å². The lowest BCUT2D eigenvalue weighted by molar-refractivity contribution is 0.0564. The summed E-state index contributed by atoms with van der Waals surface area (Å²) in [6.07, 6.45) is 21.2. The number of nitrogens with zero attached hydrogens (tertiary/aromatic N) is 14. The molecule has 0 amide bonds. The van der Waals surface area contributed by atoms with Crippen molar-refractivity contribution in [1.82, 2.24) is 53.6 Å². The smallest absolute Gasteiger partial charge is 0.333 e. The summed E-state index contributed by atoms with van der Waals surface area (Å²) in [6.45, 7) is -1.09. The number of hydrogen-bond donors (Lipinski definition) is 4. The molecule has 2 saturated carbocycles. The first-order valence-electron chi connectivity index (χ1n) is 26.9. The molecule has 0 bridgehead atoms. The molecule has 0 aromatic carbocycles. The summed E-state index contributed by atoms with van der Waals surface area (Å²) in [4.78, 5) is 13.6. The van der Waals surface area contributed by atoms with Gasteiger partial charge in [-0.3, -0.25) is 15.0 Å². The summed E-state index contributed by atoms with van der Waals surface area (Å²) in [6, 6.07) is 30.2. The van der Waals surface area contributed by atoms with E-state index in [9.17, 15) is 13.9 Å². The number of anilines is 3. The molecule has 10 aromatic rings. The molecular formula is C59H52Br3F2N17O2. The Bertz CT molecular complexity index is 4090. The third-order valence-corrected chi connectivity index (χ3v) is 16.8. The van der Waals surface area contributed by atoms with Crippen molar-refractivity contribution >= 4 is 81.4 Å². The summed E-state index contributed by atoms with van der Waals surface area (Å²) in [5.41, 5.74) is 12.9. The average molecular weight is 1310 g/mol. The van der Waals surface area contributed by atoms with Gasteiger partial charge in [0.1, 0.15) is 18.2 Å². The van der Waals surface area contributed by atoms with Crippen LogP contribution in [0.5, 0.6) is 0 Å². The standard InChI is InChI=1S/C23H20BrF2N7.C19H18BrN5O.C17H14BrN5O/c24-19-12-28-21(22-6-5-18-7-14(9-27)10-30-33(18)22)8-20(19)31-17-3-1-15(2-4-17)16-11-29-32(13-16)23(25)26;20-16-11-22-18(8-17(16)24-13-2-1-3-15(26)7-13)19-5-4-14-6-12(9-21)10-23-25(14)19;18-14-9-20-16(6-15(14)22-12-3-4-24-10-12)17-2-1-13-5-11(7-19)8-21-23(13)17/h5-8,10-13,15,17,23H,1-4H2,(H,28,31);4-6,8,10-11,13,15,26H,1-3,7H2,(H,22,24);1-2,5-6,8-9,12H,3-4,10H2,(H,20,22)/t;13-,15+;12-/m.00/s1. The zero-order valence-electron chi connectivity index (χ0n) is 44.3. The van der Waals surface area contributed by atoms with Crippen molar-refractivity contribution in [2.75, 3.05) is 29.2 Å². The Balaban J connectivity index is 0.000000132. The number of fused-ring (bicyclic) bond motifs is 3. The first kappa shape index (κ1) is 56.7. The predicted octanol–water partition coefficient (Wildman–Crippen LogP) is 12.7. The SMILES string of the molecule is N#Cc1cnn2c(-c3cc(NC4CCC(c5cnn(C(F)F)c5)CC4)c(Br)cn3)ccc2c1.N#Cc1cnn2c(-c3cc(N[C@H]4CCC[C@@H](O)C4)c(Br)cn3)ccc2c1.N#Cc1cnn2c(-c3cc(N[C@H]4CCOC4)c(Br)cn3)ccc2c1. The van der Waals surface area contributed by atoms with E-state index in [2.05, 4.69) is 117 Å². The fourth-order valence-electron chi connectivity index (χ4n) is 10.7. The normalized spacial score (nSPS) is 18.6. The Kier molecular flexibility index (Phi) is 17.4. The van der Waals surface area contributed by atoms with Crippen LogP contribution in [0.15, 0.2) is 136 Å². The maximum absolute atomic E-state index is 12.8. The fraction of sp³-hybridized carbons (Fsp3) is 0.288. The Labute approximate surface area is 500 Å². The van der Waals surface area contributed by atoms with Gasteiger partial charge in [0.05, 0.1) is 141 Å². The molecule has 0 radical (unpaired) electrons. The minimum Gasteiger partial charge on any atom is -0.393 e. The summed E-state index contributed by atoms with van der Waals surface area (Å²) >= 11 is 10.7. The highest BCUT2D eigenvalue weighted by molar-refractivity contribution is 9.11. The zero-order chi connectivity index (χ0) is 57.6. The minimum atomic E-state index is -2.60. The topological polar surface area (TPSA) is 245 Å². The molecule has 1 aliphatic heterocycles. The molecule has 19 nitrogen and oxygen atoms in total. The van der Waals surface area contributed by atoms with Crippen LogP contribution in [0.3, 0.4) is 0 Å². The zero-order valence-corrected chi connectivity index (χ0v) is 49.1. The molecule has 0 spiro atoms. The average Bonchev–Trinajstić information content (AvgIpc) is 4.52. The van der Waals surface area contributed by atoms with Crippen molar-refractivity contribution in [1.29, 1.82) is 15.8 Å². The van der Waals surface area contributed by atoms with Gasteiger partial charge < -0.3 is 25.8 Å². The lowest BCUT2D eigenvalue weighted by Crippen LogP contribution is -2.30. The quantitative estimate of drug-likeness (QED) is 0.0940. The number of ether oxygens (including phenoxy) is 1. The molecule has 11 heterocycles. The molecule has 24 heteroatoms. The minimum absolute atomic E-state index is 0.227. The molecule has 1 saturated heterocycles. The largest absolute Gasteiger partial charge is 0.393 e. The second kappa shape index (κ2) is 25.5. The van der Waals surface area contributed by atoms with Crippen LogP contribution < -0.4 is 16.0 Å². The maximum atomic E-state index is 12.8. The van der Waals surface area contributed by atoms with E-state index in [1.54, 1.807) is 62.9 Å². The number of aromatic nitrogens is 11. The van der Waals surface area contributed by atoms with E-state index in [-0.39, 0.29) is 24.1 Å². The number of hydrogen-bond acceptors (Lipinski definition) is 15. The molecule has 3 atom stereocenters. The van der Waals surface area contributed by atoms with Crippen LogP contribution in [0.4, 0.5) is 25.8 Å². The molecular weight excluding hydrogens is 1260 g/mol. The monoisotopic (exact) mass is 1310 g/mol. The fourth-order valence-corrected chi connectivity index (χ4v) is 11.7. The van der Waals surface area contributed by atoms with E-state index in [1.165, 1.54) is 12.4 Å². The Morgan fingerprint density at radius 2 is 1.00 bits per heavy atom. The molecule has 13 rings (SSSR count). The highest BCUT2D eigenvalue weighted by Crippen LogP contribution is 2.37. The third-order valence-electron chi connectivity index (χ3n) is 14.9. The van der Waals surface area contributed by atoms with Gasteiger partial charge in [-0.1, -0.05) is 0 Å². The molecule has 3 aliphatic rings. The highest BCUT2D eigenvalue weighted by Gasteiger charge is 2.26. The van der Waals surface area contributed by atoms with E-state index in [4.69, 9.17) is 20.5 Å². The summed E-state index contributed by atoms with van der Waals surface area (Å²) in [5, 5.41) is 64.5. The number of aliphatic hydroxyl groups excluding tert-OH is 1. The first-order chi connectivity index (χ1) is 40.4. The summed E-state index contributed by atoms with van der Waals surface area (Å²) < 4.78 is 39.8. The van der Waals surface area contributed by atoms with Gasteiger partial charge >= 0.3 is 6.55 Å². The van der Waals surface area contributed by atoms with Crippen LogP contribution in [0.1, 0.15) is 92.5 Å². The Morgan fingerprint density at radius 3 is 1.41 bits per heavy atom. The van der Waals surface area contributed by atoms with Crippen molar-refractivity contribution in [3.63, 3.8) is 0 Å². The van der Waals surface area contributed by atoms with E-state index >= 15 is 0 Å². The second-order valence-corrected chi connectivity index (χ2v) is 23.0. The molecule has 10 aromatic heterocycles. The Hall–Kier alpha value is -8.18. The molecule has 4 N–H and O–H groups in total. The van der Waals surface area contributed by atoms with Gasteiger partial charge in [0.15, 0.2) is 0 Å². The number of nitrogens with one attached hydrogen (secondary N) is 3. The van der Waals surface area contributed by atoms with E-state index in [0.29, 0.717) is 22.7 Å². The molecule has 420 valence electrons. The number of nitriles is 3. The van der Waals surface area contributed by atoms with Gasteiger partial charge in [0.25, 0.3) is 0 Å². The number of aliphatic hydroxyl groups is 1. The third kappa shape index (κ3) is 13.0. The van der Waals surface area contributed by atoms with Gasteiger partial charge in [-0.2, -0.15) is 45.0 Å². The van der Waals surface area contributed by atoms with Crippen molar-refractivity contribution in [3.05, 3.63) is 158 Å². The van der Waals surface area contributed by atoms with E-state index in [0.717, 1.165) is 162 Å². The van der Waals surface area contributed by atoms with Gasteiger partial charge in [0, 0.05) is 43.5 Å². The van der Waals surface area contributed by atoms with Crippen LogP contribution in [0.2, 0.25) is 0 Å². The summed E-state index contributed by atoms with van der Waals surface area (Å²) in [7, 11) is 0. The number of halogens is 5. The predicted molar refractivity (Wildman–Crippen MR) is 319 cm³/mol. The molecule has 2 aliphatic carbocycles. The summed E-state index contributed by atoms with van der Waals surface area (Å²) in [5.74, 6) is 0.253. The molecule has 83 heavy (non-hydrogen) atoms. The van der Waals surface area contributed by atoms with E-state index in [1.807, 2.05) is 60.7 Å². The van der Waals surface area contributed by atoms with Crippen molar-refractivity contribution in [2.24, 2.45) is 0 Å². The van der Waals surface area contributed by atoms with Crippen molar-refractivity contribution < 1.29 is 18.6 Å². The second-order valence-electron chi connectivity index (χ2n) is 20.5. The van der Waals surface area contributed by atoms with Gasteiger partial charge in [-0.25, -0.2) is 18.2 Å². The van der Waals surface area contributed by atoms with Crippen LogP contribution in [0, 0.1) is 34.0 Å². The highest BCUT2D eigenvalue weighted by atomic mass is 79.9. The Morgan fingerprint density at radius 1 is 0.542 bits per heavy atom. The van der Waals surface area contributed by atoms with Crippen molar-refractivity contribution in [3.8, 4) is 52.4 Å². The van der Waals surface area contributed by atoms with Crippen LogP contribution >= 0.6 is 47.8 Å². The van der Waals surface area contributed by atoms with Gasteiger partial charge in [-0.15, -0.1) is 0 Å². The molecule has 0 unspecified atom stereocenters. The first-order valence-corrected chi connectivity index (χ1v) is 29.3.